The second kappa shape index (κ2) is 11.4. The monoisotopic (exact) mass is 301 g/mol. The molecule has 4 heteroatoms. The van der Waals surface area contributed by atoms with Crippen LogP contribution in [0.2, 0.25) is 0 Å². The number of nitrogens with zero attached hydrogens (tertiary/aromatic N) is 2. The summed E-state index contributed by atoms with van der Waals surface area (Å²) >= 11 is 0. The molecule has 0 fully saturated rings. The fourth-order valence-corrected chi connectivity index (χ4v) is 2.83. The zero-order valence-corrected chi connectivity index (χ0v) is 15.3. The zero-order chi connectivity index (χ0) is 16.3. The Labute approximate surface area is 132 Å². The molecule has 0 aliphatic rings. The van der Waals surface area contributed by atoms with Crippen LogP contribution >= 0.6 is 0 Å². The molecule has 0 amide bonds. The highest BCUT2D eigenvalue weighted by Crippen LogP contribution is 2.18. The quantitative estimate of drug-likeness (QED) is 0.547. The summed E-state index contributed by atoms with van der Waals surface area (Å²) in [7, 11) is 4.26. The Kier molecular flexibility index (Phi) is 11.3. The van der Waals surface area contributed by atoms with Gasteiger partial charge in [0, 0.05) is 24.7 Å². The topological polar surface area (TPSA) is 38.7 Å². The van der Waals surface area contributed by atoms with E-state index in [-0.39, 0.29) is 12.1 Å². The van der Waals surface area contributed by atoms with Crippen molar-refractivity contribution in [3.05, 3.63) is 0 Å². The normalized spacial score (nSPS) is 15.1. The molecule has 0 saturated carbocycles. The van der Waals surface area contributed by atoms with Crippen LogP contribution in [0, 0.1) is 0 Å². The summed E-state index contributed by atoms with van der Waals surface area (Å²) in [5.74, 6) is 0. The van der Waals surface area contributed by atoms with Gasteiger partial charge >= 0.3 is 0 Å². The van der Waals surface area contributed by atoms with E-state index in [1.807, 2.05) is 0 Å². The maximum Gasteiger partial charge on any atom is 0.0613 e. The van der Waals surface area contributed by atoms with Crippen LogP contribution < -0.4 is 5.32 Å². The number of nitrogens with one attached hydrogen (secondary N) is 1. The SMILES string of the molecule is CCCN(CCCC(CC)(CO)NC(C)C)CCN(C)C. The lowest BCUT2D eigenvalue weighted by Gasteiger charge is -2.35. The minimum absolute atomic E-state index is 0.104. The first-order valence-electron chi connectivity index (χ1n) is 8.64. The molecule has 4 nitrogen and oxygen atoms in total. The van der Waals surface area contributed by atoms with E-state index < -0.39 is 0 Å². The van der Waals surface area contributed by atoms with E-state index in [0.717, 1.165) is 38.9 Å². The lowest BCUT2D eigenvalue weighted by atomic mass is 9.90. The second-order valence-corrected chi connectivity index (χ2v) is 6.84. The number of hydrogen-bond acceptors (Lipinski definition) is 4. The molecule has 21 heavy (non-hydrogen) atoms. The standard InChI is InChI=1S/C17H39N3O/c1-7-11-20(14-13-19(5)6)12-9-10-17(8-2,15-21)18-16(3)4/h16,18,21H,7-15H2,1-6H3. The van der Waals surface area contributed by atoms with Crippen LogP contribution in [0.4, 0.5) is 0 Å². The molecule has 0 aromatic carbocycles. The molecule has 1 unspecified atom stereocenters. The highest BCUT2D eigenvalue weighted by molar-refractivity contribution is 4.87. The minimum Gasteiger partial charge on any atom is -0.394 e. The van der Waals surface area contributed by atoms with Gasteiger partial charge in [-0.05, 0) is 52.9 Å². The summed E-state index contributed by atoms with van der Waals surface area (Å²) in [6.45, 7) is 13.5. The molecular formula is C17H39N3O. The lowest BCUT2D eigenvalue weighted by Crippen LogP contribution is -2.51. The van der Waals surface area contributed by atoms with E-state index in [1.54, 1.807) is 0 Å². The molecule has 0 bridgehead atoms. The van der Waals surface area contributed by atoms with Crippen molar-refractivity contribution in [3.8, 4) is 0 Å². The van der Waals surface area contributed by atoms with E-state index in [0.29, 0.717) is 6.04 Å². The predicted octanol–water partition coefficient (Wildman–Crippen LogP) is 2.18. The highest BCUT2D eigenvalue weighted by atomic mass is 16.3. The summed E-state index contributed by atoms with van der Waals surface area (Å²) in [4.78, 5) is 4.79. The smallest absolute Gasteiger partial charge is 0.0613 e. The number of hydrogen-bond donors (Lipinski definition) is 2. The third-order valence-corrected chi connectivity index (χ3v) is 4.11. The lowest BCUT2D eigenvalue weighted by molar-refractivity contribution is 0.129. The fourth-order valence-electron chi connectivity index (χ4n) is 2.83. The Balaban J connectivity index is 4.30. The van der Waals surface area contributed by atoms with Crippen molar-refractivity contribution >= 4 is 0 Å². The summed E-state index contributed by atoms with van der Waals surface area (Å²) in [5.41, 5.74) is -0.104. The fraction of sp³-hybridized carbons (Fsp3) is 1.00. The van der Waals surface area contributed by atoms with E-state index in [1.165, 1.54) is 13.0 Å². The predicted molar refractivity (Wildman–Crippen MR) is 92.9 cm³/mol. The molecule has 1 atom stereocenters. The average molecular weight is 302 g/mol. The van der Waals surface area contributed by atoms with E-state index >= 15 is 0 Å². The summed E-state index contributed by atoms with van der Waals surface area (Å²) in [5, 5.41) is 13.4. The Hall–Kier alpha value is -0.160. The van der Waals surface area contributed by atoms with E-state index in [4.69, 9.17) is 0 Å². The van der Waals surface area contributed by atoms with Crippen LogP contribution in [-0.4, -0.2) is 73.4 Å². The molecular weight excluding hydrogens is 262 g/mol. The van der Waals surface area contributed by atoms with E-state index in [2.05, 4.69) is 56.9 Å². The molecule has 128 valence electrons. The van der Waals surface area contributed by atoms with Crippen molar-refractivity contribution in [1.82, 2.24) is 15.1 Å². The van der Waals surface area contributed by atoms with E-state index in [9.17, 15) is 5.11 Å². The van der Waals surface area contributed by atoms with Crippen molar-refractivity contribution in [1.29, 1.82) is 0 Å². The van der Waals surface area contributed by atoms with Gasteiger partial charge in [-0.3, -0.25) is 0 Å². The van der Waals surface area contributed by atoms with Crippen molar-refractivity contribution in [2.45, 2.75) is 65.0 Å². The Morgan fingerprint density at radius 1 is 1.05 bits per heavy atom. The number of aliphatic hydroxyl groups is 1. The van der Waals surface area contributed by atoms with Crippen LogP contribution in [-0.2, 0) is 0 Å². The maximum atomic E-state index is 9.79. The van der Waals surface area contributed by atoms with Crippen LogP contribution in [0.3, 0.4) is 0 Å². The third-order valence-electron chi connectivity index (χ3n) is 4.11. The third kappa shape index (κ3) is 9.46. The van der Waals surface area contributed by atoms with Gasteiger partial charge in [0.25, 0.3) is 0 Å². The maximum absolute atomic E-state index is 9.79. The molecule has 0 saturated heterocycles. The molecule has 0 aromatic heterocycles. The van der Waals surface area contributed by atoms with Gasteiger partial charge in [-0.15, -0.1) is 0 Å². The van der Waals surface area contributed by atoms with Gasteiger partial charge in [0.15, 0.2) is 0 Å². The summed E-state index contributed by atoms with van der Waals surface area (Å²) < 4.78 is 0. The van der Waals surface area contributed by atoms with Gasteiger partial charge in [-0.2, -0.15) is 0 Å². The second-order valence-electron chi connectivity index (χ2n) is 6.84. The molecule has 2 N–H and O–H groups in total. The summed E-state index contributed by atoms with van der Waals surface area (Å²) in [6, 6.07) is 0.414. The molecule has 0 aliphatic carbocycles. The molecule has 0 aliphatic heterocycles. The molecule has 0 spiro atoms. The highest BCUT2D eigenvalue weighted by Gasteiger charge is 2.27. The average Bonchev–Trinajstić information content (AvgIpc) is 2.43. The van der Waals surface area contributed by atoms with Crippen molar-refractivity contribution < 1.29 is 5.11 Å². The number of rotatable bonds is 13. The Morgan fingerprint density at radius 3 is 2.14 bits per heavy atom. The van der Waals surface area contributed by atoms with Crippen molar-refractivity contribution in [3.63, 3.8) is 0 Å². The van der Waals surface area contributed by atoms with Crippen LogP contribution in [0.25, 0.3) is 0 Å². The molecule has 0 radical (unpaired) electrons. The number of likely N-dealkylation sites (N-methyl/N-ethyl adjacent to an activating group) is 1. The van der Waals surface area contributed by atoms with Crippen molar-refractivity contribution in [2.24, 2.45) is 0 Å². The van der Waals surface area contributed by atoms with Crippen LogP contribution in [0.5, 0.6) is 0 Å². The zero-order valence-electron chi connectivity index (χ0n) is 15.3. The number of aliphatic hydroxyl groups excluding tert-OH is 1. The van der Waals surface area contributed by atoms with Gasteiger partial charge < -0.3 is 20.2 Å². The van der Waals surface area contributed by atoms with Gasteiger partial charge in [0.2, 0.25) is 0 Å². The van der Waals surface area contributed by atoms with Gasteiger partial charge in [0.1, 0.15) is 0 Å². The molecule has 0 heterocycles. The van der Waals surface area contributed by atoms with Gasteiger partial charge in [0.05, 0.1) is 6.61 Å². The van der Waals surface area contributed by atoms with Crippen LogP contribution in [0.15, 0.2) is 0 Å². The van der Waals surface area contributed by atoms with Gasteiger partial charge in [-0.1, -0.05) is 27.7 Å². The minimum atomic E-state index is -0.104. The Bertz CT molecular complexity index is 240. The first kappa shape index (κ1) is 20.8. The first-order chi connectivity index (χ1) is 9.89. The van der Waals surface area contributed by atoms with Crippen molar-refractivity contribution in [2.75, 3.05) is 46.9 Å². The summed E-state index contributed by atoms with van der Waals surface area (Å²) in [6.07, 6.45) is 4.37. The first-order valence-corrected chi connectivity index (χ1v) is 8.64. The molecule has 0 rings (SSSR count). The van der Waals surface area contributed by atoms with Gasteiger partial charge in [-0.25, -0.2) is 0 Å². The Morgan fingerprint density at radius 2 is 1.71 bits per heavy atom. The largest absolute Gasteiger partial charge is 0.394 e. The van der Waals surface area contributed by atoms with Crippen LogP contribution in [0.1, 0.15) is 53.4 Å². The molecule has 0 aromatic rings.